The lowest BCUT2D eigenvalue weighted by molar-refractivity contribution is -0.153. The predicted octanol–water partition coefficient (Wildman–Crippen LogP) is 0.451. The number of carbonyl (C=O) groups is 2. The van der Waals surface area contributed by atoms with Gasteiger partial charge in [-0.05, 0) is 12.5 Å². The number of carbonyl (C=O) groups excluding carboxylic acids is 2. The molecule has 0 aromatic heterocycles. The number of imide groups is 1. The topological polar surface area (TPSA) is 137 Å². The molecule has 11 heteroatoms. The van der Waals surface area contributed by atoms with E-state index >= 15 is 0 Å². The maximum atomic E-state index is 12.2. The van der Waals surface area contributed by atoms with Gasteiger partial charge in [-0.25, -0.2) is 4.79 Å². The molecule has 2 N–H and O–H groups in total. The molecule has 2 aliphatic heterocycles. The molecule has 0 spiro atoms. The summed E-state index contributed by atoms with van der Waals surface area (Å²) >= 11 is 3.26. The molecule has 0 aromatic carbocycles. The van der Waals surface area contributed by atoms with E-state index in [0.717, 1.165) is 0 Å². The molecule has 0 saturated carbocycles. The number of halogens is 1. The van der Waals surface area contributed by atoms with Crippen LogP contribution in [0.15, 0.2) is 5.11 Å². The molecule has 2 aliphatic rings. The second kappa shape index (κ2) is 6.39. The summed E-state index contributed by atoms with van der Waals surface area (Å²) in [5.41, 5.74) is 8.56. The van der Waals surface area contributed by atoms with Crippen molar-refractivity contribution in [2.45, 2.75) is 42.3 Å². The number of hydrogen-bond acceptors (Lipinski definition) is 6. The number of urea groups is 1. The first-order chi connectivity index (χ1) is 10.4. The first kappa shape index (κ1) is 17.0. The first-order valence-corrected chi connectivity index (χ1v) is 7.32. The molecule has 122 valence electrons. The van der Waals surface area contributed by atoms with Crippen molar-refractivity contribution >= 4 is 27.9 Å². The van der Waals surface area contributed by atoms with Gasteiger partial charge in [0, 0.05) is 18.4 Å². The quantitative estimate of drug-likeness (QED) is 0.317. The Kier molecular flexibility index (Phi) is 4.93. The summed E-state index contributed by atoms with van der Waals surface area (Å²) in [4.78, 5) is 28.0. The van der Waals surface area contributed by atoms with Crippen LogP contribution in [0.2, 0.25) is 0 Å². The second-order valence-corrected chi connectivity index (χ2v) is 6.80. The van der Waals surface area contributed by atoms with E-state index in [1.807, 2.05) is 0 Å². The summed E-state index contributed by atoms with van der Waals surface area (Å²) in [7, 11) is 1.37. The average molecular weight is 378 g/mol. The van der Waals surface area contributed by atoms with E-state index in [4.69, 9.17) is 15.0 Å². The second-order valence-electron chi connectivity index (χ2n) is 5.15. The minimum Gasteiger partial charge on any atom is -0.394 e. The van der Waals surface area contributed by atoms with Crippen LogP contribution >= 0.6 is 15.9 Å². The normalized spacial score (nSPS) is 38.6. The standard InChI is InChI=1S/C11H16BrN5O5/c1-11(12)8(19)14-10(20)17(9(11)21-2)7-3-5(15-16-13)6(4-18)22-7/h5-7,9,18H,3-4H2,1-2H3,(H,14,19,20)/t5-,6+,7?,9-,11+/m0/s1. The Balaban J connectivity index is 2.28. The van der Waals surface area contributed by atoms with Crippen molar-refractivity contribution in [3.8, 4) is 0 Å². The van der Waals surface area contributed by atoms with Crippen LogP contribution < -0.4 is 5.32 Å². The molecule has 1 unspecified atom stereocenters. The van der Waals surface area contributed by atoms with Gasteiger partial charge in [0.1, 0.15) is 10.6 Å². The van der Waals surface area contributed by atoms with E-state index in [2.05, 4.69) is 31.3 Å². The molecule has 3 amide bonds. The summed E-state index contributed by atoms with van der Waals surface area (Å²) in [6.07, 6.45) is -2.23. The summed E-state index contributed by atoms with van der Waals surface area (Å²) in [6, 6.07) is -1.28. The lowest BCUT2D eigenvalue weighted by Gasteiger charge is -2.44. The van der Waals surface area contributed by atoms with Crippen molar-refractivity contribution < 1.29 is 24.2 Å². The van der Waals surface area contributed by atoms with E-state index in [0.29, 0.717) is 0 Å². The van der Waals surface area contributed by atoms with Crippen LogP contribution in [0, 0.1) is 0 Å². The van der Waals surface area contributed by atoms with E-state index in [-0.39, 0.29) is 13.0 Å². The zero-order valence-corrected chi connectivity index (χ0v) is 13.6. The molecule has 10 nitrogen and oxygen atoms in total. The number of aliphatic hydroxyl groups is 1. The fourth-order valence-corrected chi connectivity index (χ4v) is 3.13. The highest BCUT2D eigenvalue weighted by molar-refractivity contribution is 9.10. The molecule has 0 aromatic rings. The fraction of sp³-hybridized carbons (Fsp3) is 0.818. The van der Waals surface area contributed by atoms with Crippen molar-refractivity contribution in [1.82, 2.24) is 10.2 Å². The smallest absolute Gasteiger partial charge is 0.328 e. The van der Waals surface area contributed by atoms with Crippen molar-refractivity contribution in [3.63, 3.8) is 0 Å². The Bertz CT molecular complexity index is 523. The third-order valence-corrected chi connectivity index (χ3v) is 4.48. The number of ether oxygens (including phenoxy) is 2. The molecule has 5 atom stereocenters. The number of methoxy groups -OCH3 is 1. The fourth-order valence-electron chi connectivity index (χ4n) is 2.62. The van der Waals surface area contributed by atoms with Gasteiger partial charge in [-0.3, -0.25) is 15.0 Å². The van der Waals surface area contributed by atoms with Crippen LogP contribution in [0.1, 0.15) is 13.3 Å². The van der Waals surface area contributed by atoms with Crippen LogP contribution in [0.5, 0.6) is 0 Å². The first-order valence-electron chi connectivity index (χ1n) is 6.52. The Morgan fingerprint density at radius 2 is 2.36 bits per heavy atom. The van der Waals surface area contributed by atoms with Gasteiger partial charge < -0.3 is 14.6 Å². The third kappa shape index (κ3) is 2.77. The Labute approximate surface area is 134 Å². The highest BCUT2D eigenvalue weighted by Crippen LogP contribution is 2.35. The van der Waals surface area contributed by atoms with Gasteiger partial charge in [0.25, 0.3) is 0 Å². The predicted molar refractivity (Wildman–Crippen MR) is 76.8 cm³/mol. The summed E-state index contributed by atoms with van der Waals surface area (Å²) in [6.45, 7) is 1.22. The molecule has 0 bridgehead atoms. The molecule has 22 heavy (non-hydrogen) atoms. The number of aliphatic hydroxyl groups excluding tert-OH is 1. The SMILES string of the molecule is CO[C@@H]1N(C2C[C@H](N=[N+]=[N-])[C@@H](CO)O2)C(=O)NC(=O)[C@@]1(C)Br. The van der Waals surface area contributed by atoms with Crippen LogP contribution in [0.4, 0.5) is 4.79 Å². The molecule has 0 radical (unpaired) electrons. The zero-order valence-electron chi connectivity index (χ0n) is 12.0. The zero-order chi connectivity index (χ0) is 16.5. The van der Waals surface area contributed by atoms with E-state index in [1.165, 1.54) is 12.0 Å². The number of azide groups is 1. The number of rotatable bonds is 4. The average Bonchev–Trinajstić information content (AvgIpc) is 2.85. The molecule has 2 saturated heterocycles. The monoisotopic (exact) mass is 377 g/mol. The van der Waals surface area contributed by atoms with Crippen LogP contribution in [0.25, 0.3) is 10.4 Å². The van der Waals surface area contributed by atoms with Gasteiger partial charge in [-0.1, -0.05) is 21.0 Å². The van der Waals surface area contributed by atoms with Crippen molar-refractivity contribution in [1.29, 1.82) is 0 Å². The summed E-state index contributed by atoms with van der Waals surface area (Å²) < 4.78 is 9.71. The van der Waals surface area contributed by atoms with E-state index < -0.39 is 40.9 Å². The van der Waals surface area contributed by atoms with Gasteiger partial charge in [0.2, 0.25) is 5.91 Å². The molecule has 2 rings (SSSR count). The summed E-state index contributed by atoms with van der Waals surface area (Å²) in [5.74, 6) is -0.524. The molecule has 2 fully saturated rings. The van der Waals surface area contributed by atoms with Gasteiger partial charge in [0.15, 0.2) is 6.23 Å². The highest BCUT2D eigenvalue weighted by Gasteiger charge is 2.54. The van der Waals surface area contributed by atoms with Crippen LogP contribution in [0.3, 0.4) is 0 Å². The van der Waals surface area contributed by atoms with Gasteiger partial charge >= 0.3 is 6.03 Å². The van der Waals surface area contributed by atoms with E-state index in [1.54, 1.807) is 6.92 Å². The minimum absolute atomic E-state index is 0.194. The van der Waals surface area contributed by atoms with Crippen LogP contribution in [-0.4, -0.2) is 64.6 Å². The van der Waals surface area contributed by atoms with Crippen molar-refractivity contribution in [2.75, 3.05) is 13.7 Å². The maximum Gasteiger partial charge on any atom is 0.328 e. The number of amides is 3. The molecular formula is C11H16BrN5O5. The van der Waals surface area contributed by atoms with Crippen molar-refractivity contribution in [3.05, 3.63) is 10.4 Å². The van der Waals surface area contributed by atoms with Gasteiger partial charge in [-0.2, -0.15) is 0 Å². The number of nitrogens with zero attached hydrogens (tertiary/aromatic N) is 4. The minimum atomic E-state index is -1.16. The Morgan fingerprint density at radius 1 is 1.68 bits per heavy atom. The third-order valence-electron chi connectivity index (χ3n) is 3.73. The molecule has 2 heterocycles. The van der Waals surface area contributed by atoms with Gasteiger partial charge in [0.05, 0.1) is 18.8 Å². The van der Waals surface area contributed by atoms with Crippen molar-refractivity contribution in [2.24, 2.45) is 5.11 Å². The van der Waals surface area contributed by atoms with Crippen LogP contribution in [-0.2, 0) is 14.3 Å². The highest BCUT2D eigenvalue weighted by atomic mass is 79.9. The largest absolute Gasteiger partial charge is 0.394 e. The Morgan fingerprint density at radius 3 is 2.91 bits per heavy atom. The summed E-state index contributed by atoms with van der Waals surface area (Å²) in [5, 5.41) is 15.1. The number of hydrogen-bond donors (Lipinski definition) is 2. The maximum absolute atomic E-state index is 12.2. The lowest BCUT2D eigenvalue weighted by Crippen LogP contribution is -2.69. The van der Waals surface area contributed by atoms with Gasteiger partial charge in [-0.15, -0.1) is 0 Å². The number of alkyl halides is 1. The Hall–Kier alpha value is -1.39. The lowest BCUT2D eigenvalue weighted by atomic mass is 10.0. The molecule has 0 aliphatic carbocycles. The number of nitrogens with one attached hydrogen (secondary N) is 1. The van der Waals surface area contributed by atoms with E-state index in [9.17, 15) is 14.7 Å². The molecular weight excluding hydrogens is 362 g/mol.